The van der Waals surface area contributed by atoms with E-state index in [-0.39, 0.29) is 22.9 Å². The van der Waals surface area contributed by atoms with Gasteiger partial charge in [-0.05, 0) is 79.6 Å². The lowest BCUT2D eigenvalue weighted by molar-refractivity contribution is -0.165. The molecule has 4 aliphatic carbocycles. The van der Waals surface area contributed by atoms with Crippen molar-refractivity contribution >= 4 is 11.8 Å². The van der Waals surface area contributed by atoms with Crippen molar-refractivity contribution < 1.29 is 14.3 Å². The van der Waals surface area contributed by atoms with Crippen LogP contribution in [0.5, 0.6) is 0 Å². The fourth-order valence-electron chi connectivity index (χ4n) is 9.34. The van der Waals surface area contributed by atoms with Crippen LogP contribution in [0.2, 0.25) is 0 Å². The fraction of sp³-hybridized carbons (Fsp3) is 0.875. The van der Waals surface area contributed by atoms with Gasteiger partial charge in [0.15, 0.2) is 5.78 Å². The zero-order chi connectivity index (χ0) is 25.2. The van der Waals surface area contributed by atoms with Crippen LogP contribution in [0, 0.1) is 40.4 Å². The Morgan fingerprint density at radius 2 is 1.69 bits per heavy atom. The lowest BCUT2D eigenvalue weighted by Gasteiger charge is -2.62. The molecule has 0 aliphatic heterocycles. The Bertz CT molecular complexity index is 799. The summed E-state index contributed by atoms with van der Waals surface area (Å²) in [6.07, 6.45) is 18.9. The van der Waals surface area contributed by atoms with Gasteiger partial charge in [0.2, 0.25) is 0 Å². The minimum atomic E-state index is 0.0392. The van der Waals surface area contributed by atoms with Crippen molar-refractivity contribution in [3.05, 3.63) is 11.6 Å². The number of ketones is 1. The molecule has 3 saturated carbocycles. The molecular weight excluding hydrogens is 432 g/mol. The summed E-state index contributed by atoms with van der Waals surface area (Å²) in [4.78, 5) is 25.1. The second-order valence-corrected chi connectivity index (χ2v) is 13.4. The predicted octanol–water partition coefficient (Wildman–Crippen LogP) is 8.45. The summed E-state index contributed by atoms with van der Waals surface area (Å²) in [7, 11) is 0. The van der Waals surface area contributed by atoms with Gasteiger partial charge in [0, 0.05) is 18.3 Å². The molecule has 0 aromatic heterocycles. The highest BCUT2D eigenvalue weighted by Crippen LogP contribution is 2.68. The maximum atomic E-state index is 12.8. The van der Waals surface area contributed by atoms with E-state index in [4.69, 9.17) is 4.74 Å². The number of hydrogen-bond acceptors (Lipinski definition) is 3. The summed E-state index contributed by atoms with van der Waals surface area (Å²) in [6, 6.07) is 0. The highest BCUT2D eigenvalue weighted by molar-refractivity contribution is 5.91. The van der Waals surface area contributed by atoms with Crippen molar-refractivity contribution in [2.24, 2.45) is 40.4 Å². The number of carbonyl (C=O) groups is 2. The van der Waals surface area contributed by atoms with Crippen LogP contribution in [-0.4, -0.2) is 17.9 Å². The minimum absolute atomic E-state index is 0.0392. The molecule has 35 heavy (non-hydrogen) atoms. The van der Waals surface area contributed by atoms with E-state index < -0.39 is 0 Å². The van der Waals surface area contributed by atoms with Crippen molar-refractivity contribution in [1.82, 2.24) is 0 Å². The van der Waals surface area contributed by atoms with E-state index in [9.17, 15) is 9.59 Å². The number of allylic oxidation sites excluding steroid dienone is 1. The molecule has 3 heteroatoms. The number of ether oxygens (including phenoxy) is 1. The van der Waals surface area contributed by atoms with Crippen LogP contribution in [0.4, 0.5) is 0 Å². The summed E-state index contributed by atoms with van der Waals surface area (Å²) in [6.45, 7) is 12.0. The van der Waals surface area contributed by atoms with Gasteiger partial charge in [-0.2, -0.15) is 0 Å². The Morgan fingerprint density at radius 1 is 1.00 bits per heavy atom. The van der Waals surface area contributed by atoms with Crippen LogP contribution in [-0.2, 0) is 14.3 Å². The number of unbranched alkanes of at least 4 members (excludes halogenated alkanes) is 7. The van der Waals surface area contributed by atoms with Crippen molar-refractivity contribution in [2.75, 3.05) is 0 Å². The third-order valence-corrected chi connectivity index (χ3v) is 11.0. The summed E-state index contributed by atoms with van der Waals surface area (Å²) in [5.74, 6) is 3.53. The molecule has 0 spiro atoms. The Labute approximate surface area is 215 Å². The van der Waals surface area contributed by atoms with E-state index in [1.54, 1.807) is 0 Å². The highest BCUT2D eigenvalue weighted by Gasteiger charge is 2.63. The summed E-state index contributed by atoms with van der Waals surface area (Å²) >= 11 is 0. The number of esters is 1. The zero-order valence-corrected chi connectivity index (χ0v) is 23.4. The Morgan fingerprint density at radius 3 is 2.40 bits per heavy atom. The summed E-state index contributed by atoms with van der Waals surface area (Å²) in [5.41, 5.74) is 1.72. The van der Waals surface area contributed by atoms with Crippen molar-refractivity contribution in [2.45, 2.75) is 137 Å². The normalized spacial score (nSPS) is 40.5. The molecule has 0 aromatic carbocycles. The average Bonchev–Trinajstić information content (AvgIpc) is 3.12. The average molecular weight is 485 g/mol. The molecule has 4 rings (SSSR count). The largest absolute Gasteiger partial charge is 0.462 e. The van der Waals surface area contributed by atoms with E-state index >= 15 is 0 Å². The van der Waals surface area contributed by atoms with Crippen molar-refractivity contribution in [1.29, 1.82) is 0 Å². The first-order chi connectivity index (χ1) is 16.7. The van der Waals surface area contributed by atoms with Crippen molar-refractivity contribution in [3.63, 3.8) is 0 Å². The Kier molecular flexibility index (Phi) is 8.54. The molecule has 0 heterocycles. The van der Waals surface area contributed by atoms with E-state index in [1.165, 1.54) is 50.5 Å². The van der Waals surface area contributed by atoms with Gasteiger partial charge >= 0.3 is 5.97 Å². The first-order valence-corrected chi connectivity index (χ1v) is 15.1. The molecule has 3 unspecified atom stereocenters. The van der Waals surface area contributed by atoms with Gasteiger partial charge in [-0.25, -0.2) is 0 Å². The molecule has 0 bridgehead atoms. The fourth-order valence-corrected chi connectivity index (χ4v) is 9.34. The Hall–Kier alpha value is -1.12. The first-order valence-electron chi connectivity index (χ1n) is 15.1. The van der Waals surface area contributed by atoms with Crippen LogP contribution >= 0.6 is 0 Å². The standard InChI is InChI=1S/C32H52O3/c1-6-7-8-9-10-11-12-13-14-28(34)35-27-16-15-26-29-22(2)19-24-20-25(33)17-18-31(24,4)30(29)23(3)21-32(26,27)5/h20,22-23,26-27,29-30H,6-19,21H2,1-5H3/t22-,23+,26?,27+,29?,30?,31+,32+/m1/s1. The number of rotatable bonds is 10. The second kappa shape index (κ2) is 11.1. The molecule has 0 N–H and O–H groups in total. The maximum absolute atomic E-state index is 12.8. The smallest absolute Gasteiger partial charge is 0.306 e. The number of carbonyl (C=O) groups excluding carboxylic acids is 2. The lowest BCUT2D eigenvalue weighted by Crippen LogP contribution is -2.57. The summed E-state index contributed by atoms with van der Waals surface area (Å²) in [5, 5.41) is 0. The van der Waals surface area contributed by atoms with E-state index in [0.717, 1.165) is 38.5 Å². The van der Waals surface area contributed by atoms with Crippen LogP contribution in [0.15, 0.2) is 11.6 Å². The molecule has 198 valence electrons. The van der Waals surface area contributed by atoms with Crippen LogP contribution in [0.1, 0.15) is 131 Å². The highest BCUT2D eigenvalue weighted by atomic mass is 16.5. The third-order valence-electron chi connectivity index (χ3n) is 11.0. The van der Waals surface area contributed by atoms with Crippen LogP contribution in [0.25, 0.3) is 0 Å². The number of hydrogen-bond donors (Lipinski definition) is 0. The first kappa shape index (κ1) is 26.9. The van der Waals surface area contributed by atoms with Gasteiger partial charge in [-0.3, -0.25) is 9.59 Å². The van der Waals surface area contributed by atoms with Crippen LogP contribution < -0.4 is 0 Å². The monoisotopic (exact) mass is 484 g/mol. The maximum Gasteiger partial charge on any atom is 0.306 e. The van der Waals surface area contributed by atoms with Gasteiger partial charge < -0.3 is 4.74 Å². The molecule has 3 nitrogen and oxygen atoms in total. The lowest BCUT2D eigenvalue weighted by atomic mass is 9.43. The van der Waals surface area contributed by atoms with Crippen molar-refractivity contribution in [3.8, 4) is 0 Å². The zero-order valence-electron chi connectivity index (χ0n) is 23.4. The van der Waals surface area contributed by atoms with Gasteiger partial charge in [0.05, 0.1) is 0 Å². The molecule has 8 atom stereocenters. The van der Waals surface area contributed by atoms with E-state index in [2.05, 4.69) is 34.6 Å². The minimum Gasteiger partial charge on any atom is -0.462 e. The SMILES string of the molecule is CCCCCCCCCCC(=O)O[C@H]1CCC2C3C([C@@H](C)C[C@@]21C)[C@@]1(C)CCC(=O)C=C1C[C@H]3C. The van der Waals surface area contributed by atoms with Gasteiger partial charge in [0.25, 0.3) is 0 Å². The van der Waals surface area contributed by atoms with Crippen LogP contribution in [0.3, 0.4) is 0 Å². The van der Waals surface area contributed by atoms with E-state index in [1.807, 2.05) is 6.08 Å². The quantitative estimate of drug-likeness (QED) is 0.231. The molecule has 0 saturated heterocycles. The number of fused-ring (bicyclic) bond motifs is 5. The Balaban J connectivity index is 1.35. The molecule has 0 aromatic rings. The van der Waals surface area contributed by atoms with Gasteiger partial charge in [0.1, 0.15) is 6.10 Å². The molecule has 0 radical (unpaired) electrons. The molecule has 3 fully saturated rings. The van der Waals surface area contributed by atoms with Gasteiger partial charge in [-0.15, -0.1) is 0 Å². The molecular formula is C32H52O3. The van der Waals surface area contributed by atoms with Gasteiger partial charge in [-0.1, -0.05) is 85.1 Å². The second-order valence-electron chi connectivity index (χ2n) is 13.4. The van der Waals surface area contributed by atoms with E-state index in [0.29, 0.717) is 48.2 Å². The summed E-state index contributed by atoms with van der Waals surface area (Å²) < 4.78 is 6.26. The molecule has 4 aliphatic rings. The topological polar surface area (TPSA) is 43.4 Å². The molecule has 0 amide bonds. The third kappa shape index (κ3) is 5.30. The predicted molar refractivity (Wildman–Crippen MR) is 143 cm³/mol.